The first-order chi connectivity index (χ1) is 9.75. The molecule has 1 aliphatic rings. The molecule has 5 heteroatoms. The highest BCUT2D eigenvalue weighted by atomic mass is 79.9. The number of carbonyl (C=O) groups is 1. The molecule has 1 aliphatic carbocycles. The Morgan fingerprint density at radius 2 is 1.86 bits per heavy atom. The highest BCUT2D eigenvalue weighted by Crippen LogP contribution is 2.45. The molecule has 3 unspecified atom stereocenters. The van der Waals surface area contributed by atoms with Crippen molar-refractivity contribution in [3.63, 3.8) is 0 Å². The van der Waals surface area contributed by atoms with Crippen LogP contribution in [0.15, 0.2) is 27.1 Å². The van der Waals surface area contributed by atoms with E-state index in [1.165, 1.54) is 0 Å². The van der Waals surface area contributed by atoms with E-state index in [9.17, 15) is 4.79 Å². The van der Waals surface area contributed by atoms with Crippen LogP contribution in [0, 0.1) is 17.3 Å². The molecule has 1 aromatic rings. The second-order valence-corrected chi connectivity index (χ2v) is 8.20. The lowest BCUT2D eigenvalue weighted by molar-refractivity contribution is -0.127. The third-order valence-electron chi connectivity index (χ3n) is 5.03. The van der Waals surface area contributed by atoms with Gasteiger partial charge in [0, 0.05) is 20.9 Å². The van der Waals surface area contributed by atoms with Crippen molar-refractivity contribution in [1.82, 2.24) is 0 Å². The van der Waals surface area contributed by atoms with Crippen molar-refractivity contribution < 1.29 is 4.79 Å². The van der Waals surface area contributed by atoms with E-state index in [0.29, 0.717) is 5.92 Å². The number of carbonyl (C=O) groups excluding carboxylic acids is 1. The number of nitrogens with two attached hydrogens (primary N) is 1. The molecule has 0 spiro atoms. The summed E-state index contributed by atoms with van der Waals surface area (Å²) in [5, 5.41) is 3.07. The van der Waals surface area contributed by atoms with Gasteiger partial charge in [-0.3, -0.25) is 4.79 Å². The maximum Gasteiger partial charge on any atom is 0.228 e. The van der Waals surface area contributed by atoms with Gasteiger partial charge in [0.05, 0.1) is 5.69 Å². The van der Waals surface area contributed by atoms with E-state index in [-0.39, 0.29) is 23.3 Å². The smallest absolute Gasteiger partial charge is 0.228 e. The molecule has 0 saturated heterocycles. The minimum Gasteiger partial charge on any atom is -0.327 e. The summed E-state index contributed by atoms with van der Waals surface area (Å²) in [4.78, 5) is 12.7. The average Bonchev–Trinajstić information content (AvgIpc) is 2.40. The molecule has 3 atom stereocenters. The predicted molar refractivity (Wildman–Crippen MR) is 94.1 cm³/mol. The van der Waals surface area contributed by atoms with Crippen molar-refractivity contribution in [2.24, 2.45) is 23.0 Å². The summed E-state index contributed by atoms with van der Waals surface area (Å²) in [7, 11) is 0. The third-order valence-corrected chi connectivity index (χ3v) is 6.35. The number of para-hydroxylation sites is 1. The third kappa shape index (κ3) is 3.35. The van der Waals surface area contributed by atoms with Crippen LogP contribution in [-0.2, 0) is 4.79 Å². The first-order valence-electron chi connectivity index (χ1n) is 7.25. The van der Waals surface area contributed by atoms with Crippen LogP contribution in [0.4, 0.5) is 5.69 Å². The van der Waals surface area contributed by atoms with E-state index in [1.807, 2.05) is 18.2 Å². The van der Waals surface area contributed by atoms with Crippen molar-refractivity contribution in [3.05, 3.63) is 27.1 Å². The fraction of sp³-hybridized carbons (Fsp3) is 0.562. The zero-order valence-corrected chi connectivity index (χ0v) is 15.8. The van der Waals surface area contributed by atoms with Gasteiger partial charge in [0.1, 0.15) is 0 Å². The van der Waals surface area contributed by atoms with E-state index >= 15 is 0 Å². The number of hydrogen-bond donors (Lipinski definition) is 2. The normalized spacial score (nSPS) is 28.2. The number of amides is 1. The first-order valence-corrected chi connectivity index (χ1v) is 8.84. The van der Waals surface area contributed by atoms with Gasteiger partial charge < -0.3 is 11.1 Å². The standard InChI is InChI=1S/C16H22Br2N2O/c1-9-13(19)8-7-10(16(9,2)3)15(21)20-14-11(17)5-4-6-12(14)18/h4-6,9-10,13H,7-8,19H2,1-3H3,(H,20,21). The highest BCUT2D eigenvalue weighted by Gasteiger charge is 2.45. The van der Waals surface area contributed by atoms with E-state index in [0.717, 1.165) is 27.5 Å². The summed E-state index contributed by atoms with van der Waals surface area (Å²) in [5.41, 5.74) is 6.86. The van der Waals surface area contributed by atoms with Crippen molar-refractivity contribution in [2.45, 2.75) is 39.7 Å². The number of hydrogen-bond acceptors (Lipinski definition) is 2. The van der Waals surface area contributed by atoms with Gasteiger partial charge in [-0.1, -0.05) is 26.8 Å². The molecule has 0 radical (unpaired) electrons. The second kappa shape index (κ2) is 6.39. The van der Waals surface area contributed by atoms with Crippen LogP contribution in [0.3, 0.4) is 0 Å². The maximum atomic E-state index is 12.7. The van der Waals surface area contributed by atoms with Gasteiger partial charge in [-0.2, -0.15) is 0 Å². The summed E-state index contributed by atoms with van der Waals surface area (Å²) in [6.07, 6.45) is 1.74. The Hall–Kier alpha value is -0.390. The molecule has 2 rings (SSSR count). The summed E-state index contributed by atoms with van der Waals surface area (Å²) < 4.78 is 1.76. The SMILES string of the molecule is CC1C(N)CCC(C(=O)Nc2c(Br)cccc2Br)C1(C)C. The monoisotopic (exact) mass is 416 g/mol. The molecule has 1 amide bonds. The Balaban J connectivity index is 2.21. The van der Waals surface area contributed by atoms with Gasteiger partial charge in [0.2, 0.25) is 5.91 Å². The van der Waals surface area contributed by atoms with Gasteiger partial charge in [-0.25, -0.2) is 0 Å². The van der Waals surface area contributed by atoms with Crippen LogP contribution in [-0.4, -0.2) is 11.9 Å². The Kier molecular flexibility index (Phi) is 5.16. The topological polar surface area (TPSA) is 55.1 Å². The summed E-state index contributed by atoms with van der Waals surface area (Å²) in [5.74, 6) is 0.377. The lowest BCUT2D eigenvalue weighted by atomic mass is 9.61. The molecule has 21 heavy (non-hydrogen) atoms. The maximum absolute atomic E-state index is 12.7. The molecule has 0 bridgehead atoms. The molecule has 1 saturated carbocycles. The molecule has 0 heterocycles. The largest absolute Gasteiger partial charge is 0.327 e. The quantitative estimate of drug-likeness (QED) is 0.741. The first kappa shape index (κ1) is 17.0. The number of halogens is 2. The molecule has 0 aromatic heterocycles. The predicted octanol–water partition coefficient (Wildman–Crippen LogP) is 4.55. The molecule has 0 aliphatic heterocycles. The summed E-state index contributed by atoms with van der Waals surface area (Å²) >= 11 is 6.97. The molecule has 116 valence electrons. The van der Waals surface area contributed by atoms with Crippen molar-refractivity contribution in [2.75, 3.05) is 5.32 Å². The molecular weight excluding hydrogens is 396 g/mol. The lowest BCUT2D eigenvalue weighted by Crippen LogP contribution is -2.50. The van der Waals surface area contributed by atoms with Crippen LogP contribution in [0.5, 0.6) is 0 Å². The molecule has 3 nitrogen and oxygen atoms in total. The van der Waals surface area contributed by atoms with Crippen LogP contribution < -0.4 is 11.1 Å². The van der Waals surface area contributed by atoms with Gasteiger partial charge in [-0.15, -0.1) is 0 Å². The van der Waals surface area contributed by atoms with E-state index < -0.39 is 0 Å². The highest BCUT2D eigenvalue weighted by molar-refractivity contribution is 9.11. The van der Waals surface area contributed by atoms with Crippen molar-refractivity contribution >= 4 is 43.5 Å². The molecule has 1 aromatic carbocycles. The van der Waals surface area contributed by atoms with Gasteiger partial charge in [0.15, 0.2) is 0 Å². The Bertz CT molecular complexity index is 525. The zero-order chi connectivity index (χ0) is 15.8. The minimum absolute atomic E-state index is 0.0219. The van der Waals surface area contributed by atoms with Crippen molar-refractivity contribution in [3.8, 4) is 0 Å². The van der Waals surface area contributed by atoms with Crippen molar-refractivity contribution in [1.29, 1.82) is 0 Å². The Morgan fingerprint density at radius 3 is 2.43 bits per heavy atom. The Labute approximate surface area is 143 Å². The average molecular weight is 418 g/mol. The van der Waals surface area contributed by atoms with E-state index in [2.05, 4.69) is 57.9 Å². The van der Waals surface area contributed by atoms with Gasteiger partial charge >= 0.3 is 0 Å². The number of benzene rings is 1. The fourth-order valence-electron chi connectivity index (χ4n) is 3.15. The second-order valence-electron chi connectivity index (χ2n) is 6.49. The lowest BCUT2D eigenvalue weighted by Gasteiger charge is -2.46. The number of anilines is 1. The van der Waals surface area contributed by atoms with E-state index in [4.69, 9.17) is 5.73 Å². The molecule has 3 N–H and O–H groups in total. The number of nitrogens with one attached hydrogen (secondary N) is 1. The van der Waals surface area contributed by atoms with Crippen LogP contribution >= 0.6 is 31.9 Å². The zero-order valence-electron chi connectivity index (χ0n) is 12.6. The van der Waals surface area contributed by atoms with Crippen LogP contribution in [0.1, 0.15) is 33.6 Å². The number of rotatable bonds is 2. The molecular formula is C16H22Br2N2O. The Morgan fingerprint density at radius 1 is 1.29 bits per heavy atom. The van der Waals surface area contributed by atoms with Gasteiger partial charge in [-0.05, 0) is 68.2 Å². The minimum atomic E-state index is -0.102. The van der Waals surface area contributed by atoms with Gasteiger partial charge in [0.25, 0.3) is 0 Å². The van der Waals surface area contributed by atoms with Crippen LogP contribution in [0.2, 0.25) is 0 Å². The molecule has 1 fully saturated rings. The fourth-order valence-corrected chi connectivity index (χ4v) is 4.34. The summed E-state index contributed by atoms with van der Waals surface area (Å²) in [6.45, 7) is 6.45. The van der Waals surface area contributed by atoms with Crippen LogP contribution in [0.25, 0.3) is 0 Å². The summed E-state index contributed by atoms with van der Waals surface area (Å²) in [6, 6.07) is 5.95. The van der Waals surface area contributed by atoms with E-state index in [1.54, 1.807) is 0 Å².